The zero-order valence-corrected chi connectivity index (χ0v) is 21.2. The molecule has 11 heteroatoms. The van der Waals surface area contributed by atoms with Crippen LogP contribution in [0.2, 0.25) is 10.0 Å². The van der Waals surface area contributed by atoms with Gasteiger partial charge in [0.1, 0.15) is 6.54 Å². The highest BCUT2D eigenvalue weighted by molar-refractivity contribution is 8.00. The summed E-state index contributed by atoms with van der Waals surface area (Å²) in [4.78, 5) is 44.0. The number of imide groups is 1. The monoisotopic (exact) mass is 540 g/mol. The first-order chi connectivity index (χ1) is 15.8. The van der Waals surface area contributed by atoms with Crippen LogP contribution in [0.4, 0.5) is 0 Å². The fourth-order valence-electron chi connectivity index (χ4n) is 6.54. The minimum absolute atomic E-state index is 0.0143. The fourth-order valence-corrected chi connectivity index (χ4v) is 10.3. The molecule has 0 radical (unpaired) electrons. The molecule has 1 aromatic carbocycles. The Morgan fingerprint density at radius 2 is 1.97 bits per heavy atom. The number of carbonyl (C=O) groups is 3. The van der Waals surface area contributed by atoms with Crippen molar-refractivity contribution in [2.24, 2.45) is 29.6 Å². The lowest BCUT2D eigenvalue weighted by molar-refractivity contribution is -0.151. The summed E-state index contributed by atoms with van der Waals surface area (Å²) in [6, 6.07) is 5.65. The average molecular weight is 542 g/mol. The number of halogens is 2. The number of benzene rings is 1. The molecule has 2 bridgehead atoms. The highest BCUT2D eigenvalue weighted by Gasteiger charge is 2.69. The van der Waals surface area contributed by atoms with E-state index < -0.39 is 11.9 Å². The van der Waals surface area contributed by atoms with Crippen molar-refractivity contribution in [1.29, 1.82) is 0 Å². The fraction of sp³-hybridized carbons (Fsp3) is 0.455. The van der Waals surface area contributed by atoms with Crippen molar-refractivity contribution in [3.05, 3.63) is 42.6 Å². The first kappa shape index (κ1) is 22.1. The van der Waals surface area contributed by atoms with Crippen LogP contribution < -0.4 is 0 Å². The summed E-state index contributed by atoms with van der Waals surface area (Å²) >= 11 is 21.8. The number of methoxy groups -OCH3 is 1. The summed E-state index contributed by atoms with van der Waals surface area (Å²) in [6.07, 6.45) is 0.811. The van der Waals surface area contributed by atoms with E-state index in [0.29, 0.717) is 14.0 Å². The number of aromatic nitrogens is 1. The van der Waals surface area contributed by atoms with Gasteiger partial charge in [0.05, 0.1) is 34.0 Å². The van der Waals surface area contributed by atoms with Gasteiger partial charge in [-0.2, -0.15) is 0 Å². The van der Waals surface area contributed by atoms with Crippen molar-refractivity contribution in [2.45, 2.75) is 22.6 Å². The van der Waals surface area contributed by atoms with Gasteiger partial charge in [-0.1, -0.05) is 35.3 Å². The van der Waals surface area contributed by atoms with Crippen LogP contribution in [0.1, 0.15) is 22.8 Å². The average Bonchev–Trinajstić information content (AvgIpc) is 3.51. The predicted molar refractivity (Wildman–Crippen MR) is 128 cm³/mol. The molecule has 3 fully saturated rings. The smallest absolute Gasteiger partial charge is 0.325 e. The molecule has 2 aliphatic heterocycles. The lowest BCUT2D eigenvalue weighted by atomic mass is 9.68. The van der Waals surface area contributed by atoms with Gasteiger partial charge < -0.3 is 9.72 Å². The van der Waals surface area contributed by atoms with Crippen molar-refractivity contribution < 1.29 is 19.1 Å². The minimum atomic E-state index is -0.589. The highest BCUT2D eigenvalue weighted by atomic mass is 35.5. The number of rotatable bonds is 3. The van der Waals surface area contributed by atoms with Gasteiger partial charge in [-0.15, -0.1) is 23.1 Å². The van der Waals surface area contributed by atoms with Gasteiger partial charge in [-0.3, -0.25) is 19.3 Å². The van der Waals surface area contributed by atoms with Crippen LogP contribution in [-0.4, -0.2) is 46.6 Å². The van der Waals surface area contributed by atoms with Gasteiger partial charge in [0.15, 0.2) is 3.95 Å². The van der Waals surface area contributed by atoms with Crippen LogP contribution in [0.5, 0.6) is 0 Å². The molecular formula is C22H18Cl2N2O4S3. The van der Waals surface area contributed by atoms with E-state index in [0.717, 1.165) is 26.8 Å². The zero-order chi connectivity index (χ0) is 23.2. The summed E-state index contributed by atoms with van der Waals surface area (Å²) in [5, 5.41) is 2.15. The van der Waals surface area contributed by atoms with Crippen LogP contribution in [0, 0.1) is 33.5 Å². The third-order valence-electron chi connectivity index (χ3n) is 7.65. The molecule has 2 aliphatic carbocycles. The van der Waals surface area contributed by atoms with E-state index in [1.807, 2.05) is 12.1 Å². The van der Waals surface area contributed by atoms with E-state index in [2.05, 4.69) is 4.98 Å². The Hall–Kier alpha value is -1.39. The standard InChI is InChI=1S/C22H18Cl2N2O4S3/c1-30-11(27)6-26-20(28)14-8-5-9(15(14)21(26)29)17-13(8)12(7-3-2-4-10(23)16(7)24)18-19(32-17)25-22(31)33-18/h2-4,8-9,12-15,17H,5-6H2,1H3,(H,25,31). The van der Waals surface area contributed by atoms with Crippen LogP contribution in [0.15, 0.2) is 23.2 Å². The number of fused-ring (bicyclic) bond motifs is 9. The van der Waals surface area contributed by atoms with Gasteiger partial charge in [-0.25, -0.2) is 0 Å². The predicted octanol–water partition coefficient (Wildman–Crippen LogP) is 4.76. The summed E-state index contributed by atoms with van der Waals surface area (Å²) in [6.45, 7) is -0.326. The molecular weight excluding hydrogens is 523 g/mol. The van der Waals surface area contributed by atoms with Crippen LogP contribution in [-0.2, 0) is 19.1 Å². The maximum atomic E-state index is 13.4. The van der Waals surface area contributed by atoms with Crippen LogP contribution >= 0.6 is 58.5 Å². The van der Waals surface area contributed by atoms with Crippen molar-refractivity contribution in [3.63, 3.8) is 0 Å². The molecule has 3 heterocycles. The van der Waals surface area contributed by atoms with Crippen molar-refractivity contribution >= 4 is 76.3 Å². The highest BCUT2D eigenvalue weighted by Crippen LogP contribution is 2.69. The second kappa shape index (κ2) is 7.81. The molecule has 33 heavy (non-hydrogen) atoms. The molecule has 2 aromatic rings. The maximum absolute atomic E-state index is 13.4. The SMILES string of the molecule is COC(=O)CN1C(=O)C2C3CC(C2C1=O)C1C(c2cccc(Cl)c2Cl)c2sc(=S)[nH]c2SC31. The number of ether oxygens (including phenoxy) is 1. The molecule has 4 aliphatic rings. The molecule has 6 nitrogen and oxygen atoms in total. The largest absolute Gasteiger partial charge is 0.468 e. The number of hydrogen-bond donors (Lipinski definition) is 1. The summed E-state index contributed by atoms with van der Waals surface area (Å²) in [5.74, 6) is -1.79. The number of thiazole rings is 1. The lowest BCUT2D eigenvalue weighted by Crippen LogP contribution is -2.42. The van der Waals surface area contributed by atoms with Gasteiger partial charge >= 0.3 is 5.97 Å². The number of H-pyrrole nitrogens is 1. The van der Waals surface area contributed by atoms with Crippen LogP contribution in [0.25, 0.3) is 0 Å². The molecule has 7 atom stereocenters. The van der Waals surface area contributed by atoms with Crippen molar-refractivity contribution in [3.8, 4) is 0 Å². The summed E-state index contributed by atoms with van der Waals surface area (Å²) in [7, 11) is 1.25. The lowest BCUT2D eigenvalue weighted by Gasteiger charge is -2.43. The van der Waals surface area contributed by atoms with E-state index in [1.54, 1.807) is 17.8 Å². The first-order valence-corrected chi connectivity index (χ1v) is 13.4. The Morgan fingerprint density at radius 3 is 2.70 bits per heavy atom. The summed E-state index contributed by atoms with van der Waals surface area (Å²) in [5.41, 5.74) is 0.929. The number of thioether (sulfide) groups is 1. The number of aromatic amines is 1. The van der Waals surface area contributed by atoms with Gasteiger partial charge in [0.2, 0.25) is 11.8 Å². The number of carbonyl (C=O) groups excluding carboxylic acids is 3. The van der Waals surface area contributed by atoms with E-state index >= 15 is 0 Å². The third-order valence-corrected chi connectivity index (χ3v) is 11.4. The van der Waals surface area contributed by atoms with Crippen LogP contribution in [0.3, 0.4) is 0 Å². The molecule has 1 aromatic heterocycles. The number of nitrogens with zero attached hydrogens (tertiary/aromatic N) is 1. The molecule has 7 unspecified atom stereocenters. The van der Waals surface area contributed by atoms with Gasteiger partial charge in [0.25, 0.3) is 0 Å². The zero-order valence-electron chi connectivity index (χ0n) is 17.2. The van der Waals surface area contributed by atoms with Gasteiger partial charge in [-0.05, 0) is 48.0 Å². The number of nitrogens with one attached hydrogen (secondary N) is 1. The Bertz CT molecular complexity index is 1280. The molecule has 1 N–H and O–H groups in total. The topological polar surface area (TPSA) is 79.5 Å². The molecule has 6 rings (SSSR count). The van der Waals surface area contributed by atoms with E-state index in [9.17, 15) is 14.4 Å². The van der Waals surface area contributed by atoms with Crippen molar-refractivity contribution in [2.75, 3.05) is 13.7 Å². The number of amides is 2. The van der Waals surface area contributed by atoms with E-state index in [-0.39, 0.29) is 53.2 Å². The Labute approximate surface area is 213 Å². The van der Waals surface area contributed by atoms with Crippen molar-refractivity contribution in [1.82, 2.24) is 9.88 Å². The Kier molecular flexibility index (Phi) is 5.23. The number of esters is 1. The minimum Gasteiger partial charge on any atom is -0.468 e. The second-order valence-corrected chi connectivity index (χ2v) is 12.6. The summed E-state index contributed by atoms with van der Waals surface area (Å²) < 4.78 is 5.40. The second-order valence-electron chi connectivity index (χ2n) is 8.94. The molecule has 2 saturated carbocycles. The normalized spacial score (nSPS) is 33.8. The van der Waals surface area contributed by atoms with E-state index in [4.69, 9.17) is 40.2 Å². The van der Waals surface area contributed by atoms with Gasteiger partial charge in [0, 0.05) is 16.0 Å². The number of likely N-dealkylation sites (tertiary alicyclic amines) is 1. The molecule has 1 saturated heterocycles. The Morgan fingerprint density at radius 1 is 1.24 bits per heavy atom. The van der Waals surface area contributed by atoms with E-state index in [1.165, 1.54) is 18.4 Å². The molecule has 0 spiro atoms. The quantitative estimate of drug-likeness (QED) is 0.343. The first-order valence-electron chi connectivity index (χ1n) is 10.6. The third kappa shape index (κ3) is 3.05. The maximum Gasteiger partial charge on any atom is 0.325 e. The number of hydrogen-bond acceptors (Lipinski definition) is 7. The Balaban J connectivity index is 1.45. The molecule has 172 valence electrons. The molecule has 2 amide bonds.